The van der Waals surface area contributed by atoms with Crippen LogP contribution >= 0.6 is 0 Å². The summed E-state index contributed by atoms with van der Waals surface area (Å²) < 4.78 is 6.59. The number of nitrogen functional groups attached to an aromatic ring is 1. The zero-order valence-corrected chi connectivity index (χ0v) is 18.1. The molecule has 9 nitrogen and oxygen atoms in total. The molecule has 1 aromatic heterocycles. The number of carbonyl (C=O) groups excluding carboxylic acids is 1. The third-order valence-corrected chi connectivity index (χ3v) is 5.10. The molecule has 2 aromatic carbocycles. The van der Waals surface area contributed by atoms with Crippen molar-refractivity contribution in [3.05, 3.63) is 86.6 Å². The van der Waals surface area contributed by atoms with E-state index in [0.717, 1.165) is 11.1 Å². The fraction of sp³-hybridized carbons (Fsp3) is 0.261. The van der Waals surface area contributed by atoms with E-state index >= 15 is 0 Å². The zero-order valence-electron chi connectivity index (χ0n) is 18.1. The standard InChI is InChI=1S/C23H27N5O4/c1-3-27(15-19(29)25-13-17-11-7-8-12-18(17)32-2)20-21(24)28(23(31)26-22(20)30)14-16-9-5-4-6-10-16/h4-12H,3,13-15,24H2,1-2H3,(H,25,29)(H,26,30,31). The summed E-state index contributed by atoms with van der Waals surface area (Å²) in [7, 11) is 1.57. The summed E-state index contributed by atoms with van der Waals surface area (Å²) in [4.78, 5) is 41.4. The minimum Gasteiger partial charge on any atom is -0.496 e. The van der Waals surface area contributed by atoms with Crippen LogP contribution in [0.15, 0.2) is 64.2 Å². The first kappa shape index (κ1) is 22.7. The van der Waals surface area contributed by atoms with Gasteiger partial charge < -0.3 is 20.7 Å². The van der Waals surface area contributed by atoms with Crippen LogP contribution in [0, 0.1) is 0 Å². The largest absolute Gasteiger partial charge is 0.496 e. The van der Waals surface area contributed by atoms with Gasteiger partial charge in [-0.1, -0.05) is 48.5 Å². The number of rotatable bonds is 9. The van der Waals surface area contributed by atoms with Crippen molar-refractivity contribution in [2.45, 2.75) is 20.0 Å². The second kappa shape index (κ2) is 10.3. The van der Waals surface area contributed by atoms with Crippen molar-refractivity contribution < 1.29 is 9.53 Å². The van der Waals surface area contributed by atoms with Gasteiger partial charge in [-0.2, -0.15) is 0 Å². The first-order valence-corrected chi connectivity index (χ1v) is 10.2. The average Bonchev–Trinajstić information content (AvgIpc) is 2.80. The number of benzene rings is 2. The summed E-state index contributed by atoms with van der Waals surface area (Å²) in [5.74, 6) is 0.396. The monoisotopic (exact) mass is 437 g/mol. The number of aromatic nitrogens is 2. The number of para-hydroxylation sites is 1. The molecule has 0 spiro atoms. The number of carbonyl (C=O) groups is 1. The molecular formula is C23H27N5O4. The minimum atomic E-state index is -0.629. The third kappa shape index (κ3) is 5.18. The van der Waals surface area contributed by atoms with Gasteiger partial charge in [-0.15, -0.1) is 0 Å². The summed E-state index contributed by atoms with van der Waals surface area (Å²) in [6, 6.07) is 16.7. The Hall–Kier alpha value is -4.01. The molecule has 0 saturated carbocycles. The van der Waals surface area contributed by atoms with Crippen LogP contribution in [-0.4, -0.2) is 35.7 Å². The molecule has 0 radical (unpaired) electrons. The number of nitrogens with two attached hydrogens (primary N) is 1. The maximum absolute atomic E-state index is 12.6. The highest BCUT2D eigenvalue weighted by Crippen LogP contribution is 2.18. The minimum absolute atomic E-state index is 0.0157. The lowest BCUT2D eigenvalue weighted by atomic mass is 10.2. The van der Waals surface area contributed by atoms with Gasteiger partial charge in [0.2, 0.25) is 5.91 Å². The molecule has 4 N–H and O–H groups in total. The molecule has 0 aliphatic carbocycles. The molecule has 0 fully saturated rings. The highest BCUT2D eigenvalue weighted by Gasteiger charge is 2.20. The van der Waals surface area contributed by atoms with Crippen LogP contribution in [0.4, 0.5) is 11.5 Å². The van der Waals surface area contributed by atoms with Gasteiger partial charge in [-0.3, -0.25) is 19.1 Å². The normalized spacial score (nSPS) is 10.6. The molecule has 0 bridgehead atoms. The third-order valence-electron chi connectivity index (χ3n) is 5.10. The smallest absolute Gasteiger partial charge is 0.330 e. The Bertz CT molecular complexity index is 1190. The van der Waals surface area contributed by atoms with Gasteiger partial charge in [-0.25, -0.2) is 4.79 Å². The van der Waals surface area contributed by atoms with Gasteiger partial charge in [0.15, 0.2) is 0 Å². The highest BCUT2D eigenvalue weighted by molar-refractivity contribution is 5.82. The molecule has 0 unspecified atom stereocenters. The number of amides is 1. The van der Waals surface area contributed by atoms with E-state index < -0.39 is 11.2 Å². The van der Waals surface area contributed by atoms with Crippen LogP contribution in [0.5, 0.6) is 5.75 Å². The van der Waals surface area contributed by atoms with Crippen molar-refractivity contribution in [1.82, 2.24) is 14.9 Å². The van der Waals surface area contributed by atoms with Crippen LogP contribution in [0.3, 0.4) is 0 Å². The van der Waals surface area contributed by atoms with Crippen LogP contribution in [0.1, 0.15) is 18.1 Å². The SMILES string of the molecule is CCN(CC(=O)NCc1ccccc1OC)c1c(N)n(Cc2ccccc2)c(=O)[nH]c1=O. The number of likely N-dealkylation sites (N-methyl/N-ethyl adjacent to an activating group) is 1. The van der Waals surface area contributed by atoms with Crippen molar-refractivity contribution in [3.63, 3.8) is 0 Å². The van der Waals surface area contributed by atoms with Gasteiger partial charge in [-0.05, 0) is 18.6 Å². The highest BCUT2D eigenvalue weighted by atomic mass is 16.5. The van der Waals surface area contributed by atoms with E-state index in [-0.39, 0.29) is 37.0 Å². The van der Waals surface area contributed by atoms with Gasteiger partial charge >= 0.3 is 5.69 Å². The Balaban J connectivity index is 1.80. The fourth-order valence-electron chi connectivity index (χ4n) is 3.43. The summed E-state index contributed by atoms with van der Waals surface area (Å²) in [5.41, 5.74) is 6.80. The molecule has 1 heterocycles. The number of hydrogen-bond acceptors (Lipinski definition) is 6. The zero-order chi connectivity index (χ0) is 23.1. The lowest BCUT2D eigenvalue weighted by Gasteiger charge is -2.24. The maximum Gasteiger partial charge on any atom is 0.330 e. The Morgan fingerprint density at radius 2 is 1.81 bits per heavy atom. The predicted octanol–water partition coefficient (Wildman–Crippen LogP) is 1.32. The first-order chi connectivity index (χ1) is 15.4. The number of anilines is 2. The molecule has 9 heteroatoms. The lowest BCUT2D eigenvalue weighted by molar-refractivity contribution is -0.119. The second-order valence-corrected chi connectivity index (χ2v) is 7.17. The van der Waals surface area contributed by atoms with Gasteiger partial charge in [0.1, 0.15) is 17.3 Å². The second-order valence-electron chi connectivity index (χ2n) is 7.17. The van der Waals surface area contributed by atoms with E-state index in [2.05, 4.69) is 10.3 Å². The van der Waals surface area contributed by atoms with Crippen LogP contribution < -0.4 is 31.9 Å². The van der Waals surface area contributed by atoms with Gasteiger partial charge in [0, 0.05) is 18.7 Å². The van der Waals surface area contributed by atoms with Gasteiger partial charge in [0.25, 0.3) is 5.56 Å². The Morgan fingerprint density at radius 1 is 1.12 bits per heavy atom. The fourth-order valence-corrected chi connectivity index (χ4v) is 3.43. The van der Waals surface area contributed by atoms with Crippen molar-refractivity contribution in [2.24, 2.45) is 0 Å². The Labute approximate surface area is 185 Å². The summed E-state index contributed by atoms with van der Waals surface area (Å²) in [5, 5.41) is 2.83. The van der Waals surface area contributed by atoms with Crippen LogP contribution in [0.25, 0.3) is 0 Å². The van der Waals surface area contributed by atoms with Gasteiger partial charge in [0.05, 0.1) is 20.2 Å². The number of hydrogen-bond donors (Lipinski definition) is 3. The summed E-state index contributed by atoms with van der Waals surface area (Å²) in [6.07, 6.45) is 0. The molecule has 3 aromatic rings. The van der Waals surface area contributed by atoms with E-state index in [4.69, 9.17) is 10.5 Å². The molecule has 0 aliphatic rings. The van der Waals surface area contributed by atoms with Crippen LogP contribution in [-0.2, 0) is 17.9 Å². The van der Waals surface area contributed by atoms with E-state index in [9.17, 15) is 14.4 Å². The maximum atomic E-state index is 12.6. The number of aromatic amines is 1. The quantitative estimate of drug-likeness (QED) is 0.464. The van der Waals surface area contributed by atoms with Crippen molar-refractivity contribution in [3.8, 4) is 5.75 Å². The molecule has 32 heavy (non-hydrogen) atoms. The first-order valence-electron chi connectivity index (χ1n) is 10.2. The van der Waals surface area contributed by atoms with Crippen molar-refractivity contribution in [1.29, 1.82) is 0 Å². The Kier molecular flexibility index (Phi) is 7.33. The molecule has 0 saturated heterocycles. The Morgan fingerprint density at radius 3 is 2.50 bits per heavy atom. The predicted molar refractivity (Wildman–Crippen MR) is 124 cm³/mol. The molecule has 1 amide bonds. The number of nitrogens with zero attached hydrogens (tertiary/aromatic N) is 2. The molecule has 0 atom stereocenters. The van der Waals surface area contributed by atoms with Crippen molar-refractivity contribution >= 4 is 17.4 Å². The number of nitrogens with one attached hydrogen (secondary N) is 2. The van der Waals surface area contributed by atoms with E-state index in [1.54, 1.807) is 18.9 Å². The van der Waals surface area contributed by atoms with E-state index in [1.165, 1.54) is 4.57 Å². The molecule has 3 rings (SSSR count). The van der Waals surface area contributed by atoms with Crippen molar-refractivity contribution in [2.75, 3.05) is 30.8 Å². The lowest BCUT2D eigenvalue weighted by Crippen LogP contribution is -2.43. The van der Waals surface area contributed by atoms with E-state index in [0.29, 0.717) is 12.3 Å². The topological polar surface area (TPSA) is 122 Å². The van der Waals surface area contributed by atoms with Crippen LogP contribution in [0.2, 0.25) is 0 Å². The summed E-state index contributed by atoms with van der Waals surface area (Å²) >= 11 is 0. The summed E-state index contributed by atoms with van der Waals surface area (Å²) in [6.45, 7) is 2.53. The molecular weight excluding hydrogens is 410 g/mol. The molecule has 0 aliphatic heterocycles. The number of H-pyrrole nitrogens is 1. The number of ether oxygens (including phenoxy) is 1. The average molecular weight is 438 g/mol. The van der Waals surface area contributed by atoms with E-state index in [1.807, 2.05) is 54.6 Å². The molecule has 168 valence electrons. The number of methoxy groups -OCH3 is 1.